The summed E-state index contributed by atoms with van der Waals surface area (Å²) in [6, 6.07) is 7.08. The Morgan fingerprint density at radius 2 is 1.96 bits per heavy atom. The number of thiazole rings is 1. The van der Waals surface area contributed by atoms with Gasteiger partial charge in [0, 0.05) is 33.5 Å². The van der Waals surface area contributed by atoms with Gasteiger partial charge < -0.3 is 9.73 Å². The zero-order valence-corrected chi connectivity index (χ0v) is 16.8. The summed E-state index contributed by atoms with van der Waals surface area (Å²) in [4.78, 5) is 11.6. The van der Waals surface area contributed by atoms with Crippen molar-refractivity contribution in [3.05, 3.63) is 41.9 Å². The van der Waals surface area contributed by atoms with Crippen LogP contribution in [0.1, 0.15) is 55.9 Å². The molecule has 1 aromatic carbocycles. The second-order valence-corrected chi connectivity index (χ2v) is 9.79. The number of thioether (sulfide) groups is 1. The van der Waals surface area contributed by atoms with Crippen LogP contribution in [0, 0.1) is 0 Å². The summed E-state index contributed by atoms with van der Waals surface area (Å²) in [5, 5.41) is 5.33. The first-order valence-corrected chi connectivity index (χ1v) is 11.5. The molecule has 140 valence electrons. The molecule has 2 aromatic heterocycles. The van der Waals surface area contributed by atoms with E-state index in [9.17, 15) is 0 Å². The van der Waals surface area contributed by atoms with E-state index < -0.39 is 0 Å². The second-order valence-electron chi connectivity index (χ2n) is 7.39. The minimum absolute atomic E-state index is 0.530. The Morgan fingerprint density at radius 3 is 2.74 bits per heavy atom. The molecule has 5 rings (SSSR count). The SMILES string of the molecule is c1coc(Nc2ccc(-c3cnc(C4CCCCC4)s3)c(SC3CC3)c2)n1. The molecule has 2 fully saturated rings. The highest BCUT2D eigenvalue weighted by molar-refractivity contribution is 8.00. The van der Waals surface area contributed by atoms with E-state index in [1.165, 1.54) is 65.3 Å². The second kappa shape index (κ2) is 7.68. The van der Waals surface area contributed by atoms with Crippen molar-refractivity contribution in [2.45, 2.75) is 61.0 Å². The van der Waals surface area contributed by atoms with E-state index in [4.69, 9.17) is 9.40 Å². The Bertz CT molecular complexity index is 896. The normalized spacial score (nSPS) is 17.9. The van der Waals surface area contributed by atoms with Gasteiger partial charge in [-0.05, 0) is 37.8 Å². The Morgan fingerprint density at radius 1 is 1.07 bits per heavy atom. The predicted molar refractivity (Wildman–Crippen MR) is 112 cm³/mol. The van der Waals surface area contributed by atoms with Gasteiger partial charge in [-0.2, -0.15) is 0 Å². The van der Waals surface area contributed by atoms with Crippen LogP contribution in [0.5, 0.6) is 0 Å². The lowest BCUT2D eigenvalue weighted by molar-refractivity contribution is 0.442. The lowest BCUT2D eigenvalue weighted by Gasteiger charge is -2.18. The van der Waals surface area contributed by atoms with Crippen LogP contribution in [0.25, 0.3) is 10.4 Å². The molecule has 0 saturated heterocycles. The summed E-state index contributed by atoms with van der Waals surface area (Å²) >= 11 is 3.88. The minimum Gasteiger partial charge on any atom is -0.432 e. The smallest absolute Gasteiger partial charge is 0.299 e. The highest BCUT2D eigenvalue weighted by Crippen LogP contribution is 2.46. The van der Waals surface area contributed by atoms with Crippen molar-refractivity contribution in [1.29, 1.82) is 0 Å². The fraction of sp³-hybridized carbons (Fsp3) is 0.429. The average Bonchev–Trinajstić information content (AvgIpc) is 3.17. The highest BCUT2D eigenvalue weighted by Gasteiger charge is 2.25. The third-order valence-corrected chi connectivity index (χ3v) is 7.82. The largest absolute Gasteiger partial charge is 0.432 e. The van der Waals surface area contributed by atoms with Crippen molar-refractivity contribution in [3.8, 4) is 10.4 Å². The third kappa shape index (κ3) is 4.06. The number of benzene rings is 1. The maximum atomic E-state index is 5.32. The average molecular weight is 398 g/mol. The molecular formula is C21H23N3OS2. The molecule has 4 nitrogen and oxygen atoms in total. The van der Waals surface area contributed by atoms with Crippen molar-refractivity contribution in [2.24, 2.45) is 0 Å². The maximum absolute atomic E-state index is 5.32. The summed E-state index contributed by atoms with van der Waals surface area (Å²) in [6.07, 6.45) is 14.6. The zero-order valence-electron chi connectivity index (χ0n) is 15.2. The van der Waals surface area contributed by atoms with Gasteiger partial charge in [-0.15, -0.1) is 23.1 Å². The highest BCUT2D eigenvalue weighted by atomic mass is 32.2. The van der Waals surface area contributed by atoms with E-state index in [2.05, 4.69) is 34.7 Å². The predicted octanol–water partition coefficient (Wildman–Crippen LogP) is 6.84. The Kier molecular flexibility index (Phi) is 4.93. The Balaban J connectivity index is 1.42. The monoisotopic (exact) mass is 397 g/mol. The number of oxazole rings is 1. The molecule has 27 heavy (non-hydrogen) atoms. The van der Waals surface area contributed by atoms with Gasteiger partial charge >= 0.3 is 0 Å². The minimum atomic E-state index is 0.530. The van der Waals surface area contributed by atoms with Crippen LogP contribution in [0.4, 0.5) is 11.7 Å². The van der Waals surface area contributed by atoms with Crippen LogP contribution in [0.15, 0.2) is 46.2 Å². The van der Waals surface area contributed by atoms with Crippen LogP contribution >= 0.6 is 23.1 Å². The van der Waals surface area contributed by atoms with Gasteiger partial charge in [0.2, 0.25) is 0 Å². The topological polar surface area (TPSA) is 51.0 Å². The summed E-state index contributed by atoms with van der Waals surface area (Å²) < 4.78 is 5.32. The number of aromatic nitrogens is 2. The van der Waals surface area contributed by atoms with E-state index >= 15 is 0 Å². The van der Waals surface area contributed by atoms with E-state index in [1.54, 1.807) is 12.5 Å². The first-order chi connectivity index (χ1) is 13.3. The molecule has 0 atom stereocenters. The van der Waals surface area contributed by atoms with Gasteiger partial charge in [-0.25, -0.2) is 9.97 Å². The fourth-order valence-corrected chi connectivity index (χ4v) is 6.05. The fourth-order valence-electron chi connectivity index (χ4n) is 3.63. The van der Waals surface area contributed by atoms with Crippen LogP contribution in [-0.2, 0) is 0 Å². The lowest BCUT2D eigenvalue weighted by Crippen LogP contribution is -2.03. The number of anilines is 2. The quantitative estimate of drug-likeness (QED) is 0.493. The molecule has 2 aliphatic carbocycles. The van der Waals surface area contributed by atoms with Gasteiger partial charge in [-0.1, -0.05) is 25.3 Å². The van der Waals surface area contributed by atoms with E-state index in [-0.39, 0.29) is 0 Å². The van der Waals surface area contributed by atoms with Crippen LogP contribution < -0.4 is 5.32 Å². The summed E-state index contributed by atoms with van der Waals surface area (Å²) in [6.45, 7) is 0. The number of nitrogens with zero attached hydrogens (tertiary/aromatic N) is 2. The molecule has 6 heteroatoms. The molecule has 0 radical (unpaired) electrons. The molecule has 0 bridgehead atoms. The van der Waals surface area contributed by atoms with Crippen molar-refractivity contribution in [3.63, 3.8) is 0 Å². The van der Waals surface area contributed by atoms with E-state index in [0.717, 1.165) is 10.9 Å². The molecule has 0 aliphatic heterocycles. The van der Waals surface area contributed by atoms with E-state index in [1.807, 2.05) is 23.1 Å². The van der Waals surface area contributed by atoms with Crippen LogP contribution in [-0.4, -0.2) is 15.2 Å². The molecule has 0 unspecified atom stereocenters. The summed E-state index contributed by atoms with van der Waals surface area (Å²) in [7, 11) is 0. The van der Waals surface area contributed by atoms with Crippen molar-refractivity contribution >= 4 is 34.8 Å². The number of hydrogen-bond donors (Lipinski definition) is 1. The molecule has 2 aliphatic rings. The first kappa shape index (κ1) is 17.3. The number of rotatable bonds is 6. The Labute approximate surface area is 167 Å². The maximum Gasteiger partial charge on any atom is 0.299 e. The standard InChI is InChI=1S/C21H23N3OS2/c1-2-4-14(5-3-1)20-23-13-19(27-20)17-9-6-15(24-21-22-10-11-25-21)12-18(17)26-16-7-8-16/h6,9-14,16H,1-5,7-8H2,(H,22,24). The van der Waals surface area contributed by atoms with Gasteiger partial charge in [0.15, 0.2) is 0 Å². The van der Waals surface area contributed by atoms with Gasteiger partial charge in [-0.3, -0.25) is 0 Å². The molecule has 3 aromatic rings. The van der Waals surface area contributed by atoms with E-state index in [0.29, 0.717) is 11.9 Å². The molecule has 0 spiro atoms. The molecule has 0 amide bonds. The van der Waals surface area contributed by atoms with Crippen LogP contribution in [0.3, 0.4) is 0 Å². The lowest BCUT2D eigenvalue weighted by atomic mass is 9.90. The van der Waals surface area contributed by atoms with Gasteiger partial charge in [0.25, 0.3) is 6.01 Å². The van der Waals surface area contributed by atoms with Crippen molar-refractivity contribution in [1.82, 2.24) is 9.97 Å². The molecule has 1 N–H and O–H groups in total. The Hall–Kier alpha value is -1.79. The number of hydrogen-bond acceptors (Lipinski definition) is 6. The molecule has 2 heterocycles. The zero-order chi connectivity index (χ0) is 18.1. The van der Waals surface area contributed by atoms with Gasteiger partial charge in [0.1, 0.15) is 6.26 Å². The van der Waals surface area contributed by atoms with Crippen molar-refractivity contribution < 1.29 is 4.42 Å². The number of nitrogens with one attached hydrogen (secondary N) is 1. The summed E-state index contributed by atoms with van der Waals surface area (Å²) in [5.74, 6) is 0.669. The van der Waals surface area contributed by atoms with Crippen LogP contribution in [0.2, 0.25) is 0 Å². The molecular weight excluding hydrogens is 374 g/mol. The van der Waals surface area contributed by atoms with Gasteiger partial charge in [0.05, 0.1) is 16.1 Å². The first-order valence-electron chi connectivity index (χ1n) is 9.78. The molecule has 2 saturated carbocycles. The summed E-state index contributed by atoms with van der Waals surface area (Å²) in [5.41, 5.74) is 2.32. The van der Waals surface area contributed by atoms with Crippen molar-refractivity contribution in [2.75, 3.05) is 5.32 Å². The third-order valence-electron chi connectivity index (χ3n) is 5.23.